The molecule has 1 aliphatic rings. The molecule has 0 amide bonds. The zero-order chi connectivity index (χ0) is 15.4. The SMILES string of the molecule is O=C(O)C1CCCC(NCc2cccc([N+](=O)[O-])c2Br)C1. The number of nitrogens with zero attached hydrogens (tertiary/aromatic N) is 1. The number of carboxylic acids is 1. The van der Waals surface area contributed by atoms with Gasteiger partial charge in [0.15, 0.2) is 0 Å². The van der Waals surface area contributed by atoms with Crippen molar-refractivity contribution in [1.29, 1.82) is 0 Å². The summed E-state index contributed by atoms with van der Waals surface area (Å²) in [5.74, 6) is -1.03. The Hall–Kier alpha value is -1.47. The number of hydrogen-bond acceptors (Lipinski definition) is 4. The van der Waals surface area contributed by atoms with Gasteiger partial charge < -0.3 is 10.4 Å². The van der Waals surface area contributed by atoms with Crippen LogP contribution in [0.4, 0.5) is 5.69 Å². The Morgan fingerprint density at radius 1 is 1.48 bits per heavy atom. The molecule has 1 aromatic rings. The first-order valence-corrected chi connectivity index (χ1v) is 7.66. The Labute approximate surface area is 130 Å². The first-order chi connectivity index (χ1) is 9.99. The molecular formula is C14H17BrN2O4. The van der Waals surface area contributed by atoms with Crippen molar-refractivity contribution in [3.8, 4) is 0 Å². The van der Waals surface area contributed by atoms with Gasteiger partial charge in [-0.2, -0.15) is 0 Å². The maximum atomic E-state index is 11.0. The topological polar surface area (TPSA) is 92.5 Å². The van der Waals surface area contributed by atoms with Crippen molar-refractivity contribution in [2.75, 3.05) is 0 Å². The van der Waals surface area contributed by atoms with Gasteiger partial charge in [-0.25, -0.2) is 0 Å². The fourth-order valence-electron chi connectivity index (χ4n) is 2.70. The summed E-state index contributed by atoms with van der Waals surface area (Å²) in [5.41, 5.74) is 0.850. The number of carbonyl (C=O) groups is 1. The predicted octanol–water partition coefficient (Wildman–Crippen LogP) is 3.09. The number of nitro benzene ring substituents is 1. The summed E-state index contributed by atoms with van der Waals surface area (Å²) in [6.45, 7) is 0.485. The number of hydrogen-bond donors (Lipinski definition) is 2. The lowest BCUT2D eigenvalue weighted by Crippen LogP contribution is -2.36. The highest BCUT2D eigenvalue weighted by atomic mass is 79.9. The number of rotatable bonds is 5. The van der Waals surface area contributed by atoms with E-state index in [1.54, 1.807) is 6.07 Å². The van der Waals surface area contributed by atoms with Crippen molar-refractivity contribution in [3.63, 3.8) is 0 Å². The molecule has 2 N–H and O–H groups in total. The first kappa shape index (κ1) is 15.9. The molecule has 0 spiro atoms. The molecule has 7 heteroatoms. The third-order valence-corrected chi connectivity index (χ3v) is 4.78. The normalized spacial score (nSPS) is 22.0. The average molecular weight is 357 g/mol. The molecule has 1 aromatic carbocycles. The van der Waals surface area contributed by atoms with Crippen LogP contribution in [-0.4, -0.2) is 22.0 Å². The van der Waals surface area contributed by atoms with E-state index in [4.69, 9.17) is 5.11 Å². The number of nitro groups is 1. The van der Waals surface area contributed by atoms with Crippen LogP contribution in [0, 0.1) is 16.0 Å². The van der Waals surface area contributed by atoms with E-state index < -0.39 is 10.9 Å². The van der Waals surface area contributed by atoms with E-state index >= 15 is 0 Å². The van der Waals surface area contributed by atoms with Gasteiger partial charge in [0.1, 0.15) is 0 Å². The fraction of sp³-hybridized carbons (Fsp3) is 0.500. The lowest BCUT2D eigenvalue weighted by Gasteiger charge is -2.27. The highest BCUT2D eigenvalue weighted by molar-refractivity contribution is 9.10. The highest BCUT2D eigenvalue weighted by Gasteiger charge is 2.26. The third kappa shape index (κ3) is 4.01. The lowest BCUT2D eigenvalue weighted by molar-refractivity contribution is -0.385. The number of aliphatic carboxylic acids is 1. The molecule has 1 saturated carbocycles. The second-order valence-corrected chi connectivity index (χ2v) is 6.08. The molecule has 114 valence electrons. The van der Waals surface area contributed by atoms with Gasteiger partial charge in [0, 0.05) is 18.7 Å². The van der Waals surface area contributed by atoms with Crippen molar-refractivity contribution in [1.82, 2.24) is 5.32 Å². The monoisotopic (exact) mass is 356 g/mol. The van der Waals surface area contributed by atoms with Gasteiger partial charge in [-0.15, -0.1) is 0 Å². The zero-order valence-corrected chi connectivity index (χ0v) is 13.0. The van der Waals surface area contributed by atoms with Crippen molar-refractivity contribution in [2.24, 2.45) is 5.92 Å². The third-order valence-electron chi connectivity index (χ3n) is 3.86. The number of halogens is 1. The Morgan fingerprint density at radius 2 is 2.24 bits per heavy atom. The van der Waals surface area contributed by atoms with Crippen molar-refractivity contribution < 1.29 is 14.8 Å². The van der Waals surface area contributed by atoms with Crippen LogP contribution >= 0.6 is 15.9 Å². The molecule has 6 nitrogen and oxygen atoms in total. The van der Waals surface area contributed by atoms with Gasteiger partial charge in [-0.1, -0.05) is 18.6 Å². The van der Waals surface area contributed by atoms with Crippen LogP contribution in [0.3, 0.4) is 0 Å². The molecule has 1 fully saturated rings. The van der Waals surface area contributed by atoms with Gasteiger partial charge in [0.2, 0.25) is 0 Å². The largest absolute Gasteiger partial charge is 0.481 e. The van der Waals surface area contributed by atoms with Crippen molar-refractivity contribution in [3.05, 3.63) is 38.3 Å². The van der Waals surface area contributed by atoms with Gasteiger partial charge in [-0.3, -0.25) is 14.9 Å². The maximum Gasteiger partial charge on any atom is 0.306 e. The van der Waals surface area contributed by atoms with E-state index in [0.717, 1.165) is 24.8 Å². The Balaban J connectivity index is 1.98. The summed E-state index contributed by atoms with van der Waals surface area (Å²) in [6, 6.07) is 5.07. The molecular weight excluding hydrogens is 340 g/mol. The highest BCUT2D eigenvalue weighted by Crippen LogP contribution is 2.29. The zero-order valence-electron chi connectivity index (χ0n) is 11.4. The van der Waals surface area contributed by atoms with E-state index in [9.17, 15) is 14.9 Å². The molecule has 0 aromatic heterocycles. The quantitative estimate of drug-likeness (QED) is 0.624. The van der Waals surface area contributed by atoms with Crippen LogP contribution in [0.25, 0.3) is 0 Å². The second kappa shape index (κ2) is 7.00. The summed E-state index contributed by atoms with van der Waals surface area (Å²) >= 11 is 3.27. The minimum atomic E-state index is -0.738. The standard InChI is InChI=1S/C14H17BrN2O4/c15-13-10(4-2-6-12(13)17(20)21)8-16-11-5-1-3-9(7-11)14(18)19/h2,4,6,9,11,16H,1,3,5,7-8H2,(H,18,19). The van der Waals surface area contributed by atoms with Gasteiger partial charge in [-0.05, 0) is 40.8 Å². The van der Waals surface area contributed by atoms with E-state index in [-0.39, 0.29) is 17.6 Å². The predicted molar refractivity (Wildman–Crippen MR) is 81.0 cm³/mol. The van der Waals surface area contributed by atoms with Crippen molar-refractivity contribution >= 4 is 27.6 Å². The minimum absolute atomic E-state index is 0.0429. The summed E-state index contributed by atoms with van der Waals surface area (Å²) in [6.07, 6.45) is 3.18. The van der Waals surface area contributed by atoms with E-state index in [0.29, 0.717) is 17.4 Å². The van der Waals surface area contributed by atoms with Crippen LogP contribution in [-0.2, 0) is 11.3 Å². The minimum Gasteiger partial charge on any atom is -0.481 e. The second-order valence-electron chi connectivity index (χ2n) is 5.29. The molecule has 2 atom stereocenters. The van der Waals surface area contributed by atoms with Crippen LogP contribution in [0.1, 0.15) is 31.2 Å². The van der Waals surface area contributed by atoms with Gasteiger partial charge in [0.05, 0.1) is 15.3 Å². The van der Waals surface area contributed by atoms with Crippen LogP contribution in [0.2, 0.25) is 0 Å². The molecule has 0 aliphatic heterocycles. The molecule has 1 aliphatic carbocycles. The Kier molecular flexibility index (Phi) is 5.30. The lowest BCUT2D eigenvalue weighted by atomic mass is 9.86. The van der Waals surface area contributed by atoms with Crippen molar-refractivity contribution in [2.45, 2.75) is 38.3 Å². The summed E-state index contributed by atoms with van der Waals surface area (Å²) in [7, 11) is 0. The Morgan fingerprint density at radius 3 is 2.90 bits per heavy atom. The number of benzene rings is 1. The van der Waals surface area contributed by atoms with Crippen LogP contribution < -0.4 is 5.32 Å². The molecule has 0 bridgehead atoms. The van der Waals surface area contributed by atoms with Gasteiger partial charge in [0.25, 0.3) is 5.69 Å². The summed E-state index contributed by atoms with van der Waals surface area (Å²) < 4.78 is 0.480. The van der Waals surface area contributed by atoms with Crippen LogP contribution in [0.15, 0.2) is 22.7 Å². The molecule has 21 heavy (non-hydrogen) atoms. The van der Waals surface area contributed by atoms with E-state index in [2.05, 4.69) is 21.2 Å². The first-order valence-electron chi connectivity index (χ1n) is 6.87. The fourth-order valence-corrected chi connectivity index (χ4v) is 3.25. The summed E-state index contributed by atoms with van der Waals surface area (Å²) in [4.78, 5) is 21.5. The molecule has 2 rings (SSSR count). The smallest absolute Gasteiger partial charge is 0.306 e. The molecule has 0 radical (unpaired) electrons. The molecule has 0 heterocycles. The van der Waals surface area contributed by atoms with E-state index in [1.165, 1.54) is 6.07 Å². The number of carboxylic acid groups (broad SMARTS) is 1. The molecule has 2 unspecified atom stereocenters. The Bertz CT molecular complexity index is 550. The van der Waals surface area contributed by atoms with E-state index in [1.807, 2.05) is 6.07 Å². The number of nitrogens with one attached hydrogen (secondary N) is 1. The molecule has 0 saturated heterocycles. The maximum absolute atomic E-state index is 11.0. The average Bonchev–Trinajstić information content (AvgIpc) is 2.46. The summed E-state index contributed by atoms with van der Waals surface area (Å²) in [5, 5.41) is 23.3. The van der Waals surface area contributed by atoms with Gasteiger partial charge >= 0.3 is 5.97 Å². The van der Waals surface area contributed by atoms with Crippen LogP contribution in [0.5, 0.6) is 0 Å².